The van der Waals surface area contributed by atoms with E-state index in [1.54, 1.807) is 0 Å². The highest BCUT2D eigenvalue weighted by Crippen LogP contribution is 2.45. The molecule has 4 aromatic carbocycles. The first-order valence-electron chi connectivity index (χ1n) is 11.5. The van der Waals surface area contributed by atoms with Gasteiger partial charge >= 0.3 is 0 Å². The van der Waals surface area contributed by atoms with Gasteiger partial charge in [0.2, 0.25) is 0 Å². The van der Waals surface area contributed by atoms with Crippen LogP contribution >= 0.6 is 16.3 Å². The molecule has 0 heterocycles. The van der Waals surface area contributed by atoms with Crippen LogP contribution in [0.5, 0.6) is 0 Å². The molecule has 4 aromatic rings. The molecule has 0 amide bonds. The fourth-order valence-corrected chi connectivity index (χ4v) is 8.08. The lowest BCUT2D eigenvalue weighted by atomic mass is 10.3. The lowest BCUT2D eigenvalue weighted by Gasteiger charge is -2.29. The van der Waals surface area contributed by atoms with Gasteiger partial charge in [-0.1, -0.05) is 121 Å². The second-order valence-corrected chi connectivity index (χ2v) is 11.8. The zero-order chi connectivity index (χ0) is 22.3. The molecule has 0 saturated heterocycles. The fraction of sp³-hybridized carbons (Fsp3) is 0.172. The Morgan fingerprint density at radius 3 is 0.970 bits per heavy atom. The van der Waals surface area contributed by atoms with E-state index < -0.39 is 16.3 Å². The van der Waals surface area contributed by atoms with Gasteiger partial charge in [0.25, 0.3) is 0 Å². The van der Waals surface area contributed by atoms with E-state index in [1.807, 2.05) is 0 Å². The van der Waals surface area contributed by atoms with Crippen molar-refractivity contribution in [2.24, 2.45) is 0 Å². The maximum atomic E-state index is 6.92. The van der Waals surface area contributed by atoms with Crippen molar-refractivity contribution < 1.29 is 9.05 Å². The third kappa shape index (κ3) is 5.60. The van der Waals surface area contributed by atoms with Crippen LogP contribution in [0.4, 0.5) is 0 Å². The smallest absolute Gasteiger partial charge is 0.0923 e. The molecule has 0 aromatic heterocycles. The predicted molar refractivity (Wildman–Crippen MR) is 142 cm³/mol. The minimum absolute atomic E-state index is 0.0916. The first-order valence-corrected chi connectivity index (χ1v) is 14.0. The Hall–Kier alpha value is -2.34. The highest BCUT2D eigenvalue weighted by molar-refractivity contribution is 7.69. The predicted octanol–water partition coefficient (Wildman–Crippen LogP) is 6.04. The van der Waals surface area contributed by atoms with Crippen LogP contribution in [0.1, 0.15) is 19.3 Å². The summed E-state index contributed by atoms with van der Waals surface area (Å²) in [6.07, 6.45) is 3.39. The number of rotatable bonds is 8. The van der Waals surface area contributed by atoms with Gasteiger partial charge < -0.3 is 9.05 Å². The number of hydrogen-bond donors (Lipinski definition) is 0. The van der Waals surface area contributed by atoms with Crippen LogP contribution in [0, 0.1) is 0 Å². The van der Waals surface area contributed by atoms with E-state index in [-0.39, 0.29) is 12.2 Å². The topological polar surface area (TPSA) is 18.5 Å². The third-order valence-electron chi connectivity index (χ3n) is 5.84. The van der Waals surface area contributed by atoms with Crippen LogP contribution in [0.25, 0.3) is 0 Å². The highest BCUT2D eigenvalue weighted by atomic mass is 31.1. The van der Waals surface area contributed by atoms with Crippen molar-refractivity contribution in [1.29, 1.82) is 0 Å². The first-order chi connectivity index (χ1) is 16.4. The van der Waals surface area contributed by atoms with Gasteiger partial charge in [-0.15, -0.1) is 0 Å². The van der Waals surface area contributed by atoms with Gasteiger partial charge in [0.05, 0.1) is 28.5 Å². The normalized spacial score (nSPS) is 18.1. The summed E-state index contributed by atoms with van der Waals surface area (Å²) in [6.45, 7) is 0. The van der Waals surface area contributed by atoms with Crippen LogP contribution < -0.4 is 21.2 Å². The van der Waals surface area contributed by atoms with Crippen molar-refractivity contribution >= 4 is 37.5 Å². The summed E-state index contributed by atoms with van der Waals surface area (Å²) in [5, 5.41) is 4.99. The third-order valence-corrected chi connectivity index (χ3v) is 9.87. The van der Waals surface area contributed by atoms with E-state index in [0.717, 1.165) is 19.3 Å². The van der Waals surface area contributed by atoms with Crippen LogP contribution in [-0.4, -0.2) is 12.2 Å². The molecule has 166 valence electrons. The summed E-state index contributed by atoms with van der Waals surface area (Å²) < 4.78 is 13.8. The molecule has 0 N–H and O–H groups in total. The van der Waals surface area contributed by atoms with Crippen molar-refractivity contribution in [2.75, 3.05) is 0 Å². The summed E-state index contributed by atoms with van der Waals surface area (Å²) in [5.41, 5.74) is 0. The summed E-state index contributed by atoms with van der Waals surface area (Å²) in [5.74, 6) is 0. The van der Waals surface area contributed by atoms with Crippen LogP contribution in [0.3, 0.4) is 0 Å². The molecule has 2 unspecified atom stereocenters. The fourth-order valence-electron chi connectivity index (χ4n) is 4.20. The molecule has 33 heavy (non-hydrogen) atoms. The van der Waals surface area contributed by atoms with Crippen LogP contribution in [0.15, 0.2) is 121 Å². The largest absolute Gasteiger partial charge is 0.344 e. The number of benzene rings is 4. The standard InChI is InChI=1S/C29H28O2P2/c1-5-14-24(15-6-1)32(25-16-7-2-8-17-25)30-28-22-13-23-29(28)31-33(26-18-9-3-10-19-26)27-20-11-4-12-21-27/h1-12,14-21,28-29H,13,22-23H2. The first kappa shape index (κ1) is 22.5. The molecule has 1 saturated carbocycles. The lowest BCUT2D eigenvalue weighted by Crippen LogP contribution is -2.29. The Labute approximate surface area is 199 Å². The van der Waals surface area contributed by atoms with Crippen molar-refractivity contribution in [3.05, 3.63) is 121 Å². The van der Waals surface area contributed by atoms with Crippen molar-refractivity contribution in [3.63, 3.8) is 0 Å². The maximum absolute atomic E-state index is 6.92. The molecule has 1 aliphatic rings. The van der Waals surface area contributed by atoms with E-state index >= 15 is 0 Å². The van der Waals surface area contributed by atoms with Gasteiger partial charge in [0, 0.05) is 21.2 Å². The average Bonchev–Trinajstić information content (AvgIpc) is 3.34. The SMILES string of the molecule is c1ccc(P(OC2CCCC2OP(c2ccccc2)c2ccccc2)c2ccccc2)cc1. The van der Waals surface area contributed by atoms with Gasteiger partial charge in [-0.25, -0.2) is 0 Å². The average molecular weight is 470 g/mol. The Morgan fingerprint density at radius 1 is 0.424 bits per heavy atom. The summed E-state index contributed by atoms with van der Waals surface area (Å²) >= 11 is 0. The van der Waals surface area contributed by atoms with Gasteiger partial charge in [0.1, 0.15) is 0 Å². The second kappa shape index (κ2) is 11.2. The molecule has 5 rings (SSSR count). The minimum Gasteiger partial charge on any atom is -0.344 e. The zero-order valence-electron chi connectivity index (χ0n) is 18.5. The molecule has 2 nitrogen and oxygen atoms in total. The van der Waals surface area contributed by atoms with Gasteiger partial charge in [-0.3, -0.25) is 0 Å². The van der Waals surface area contributed by atoms with Crippen LogP contribution in [0.2, 0.25) is 0 Å². The second-order valence-electron chi connectivity index (χ2n) is 8.15. The minimum atomic E-state index is -0.895. The molecular formula is C29H28O2P2. The van der Waals surface area contributed by atoms with Crippen LogP contribution in [-0.2, 0) is 9.05 Å². The summed E-state index contributed by atoms with van der Waals surface area (Å²) in [6, 6.07) is 42.5. The Balaban J connectivity index is 1.40. The molecule has 4 heteroatoms. The molecular weight excluding hydrogens is 442 g/mol. The molecule has 1 aliphatic carbocycles. The summed E-state index contributed by atoms with van der Waals surface area (Å²) in [4.78, 5) is 0. The van der Waals surface area contributed by atoms with E-state index in [9.17, 15) is 0 Å². The lowest BCUT2D eigenvalue weighted by molar-refractivity contribution is 0.102. The molecule has 1 fully saturated rings. The van der Waals surface area contributed by atoms with E-state index in [2.05, 4.69) is 121 Å². The van der Waals surface area contributed by atoms with E-state index in [4.69, 9.17) is 9.05 Å². The van der Waals surface area contributed by atoms with Crippen molar-refractivity contribution in [3.8, 4) is 0 Å². The Morgan fingerprint density at radius 2 is 0.697 bits per heavy atom. The molecule has 0 bridgehead atoms. The molecule has 0 radical (unpaired) electrons. The number of hydrogen-bond acceptors (Lipinski definition) is 2. The van der Waals surface area contributed by atoms with E-state index in [0.29, 0.717) is 0 Å². The van der Waals surface area contributed by atoms with E-state index in [1.165, 1.54) is 21.2 Å². The van der Waals surface area contributed by atoms with Crippen molar-refractivity contribution in [2.45, 2.75) is 31.5 Å². The van der Waals surface area contributed by atoms with Gasteiger partial charge in [-0.2, -0.15) is 0 Å². The van der Waals surface area contributed by atoms with Gasteiger partial charge in [0.15, 0.2) is 0 Å². The Bertz CT molecular complexity index is 937. The molecule has 0 aliphatic heterocycles. The van der Waals surface area contributed by atoms with Crippen molar-refractivity contribution in [1.82, 2.24) is 0 Å². The zero-order valence-corrected chi connectivity index (χ0v) is 20.3. The monoisotopic (exact) mass is 470 g/mol. The molecule has 2 atom stereocenters. The highest BCUT2D eigenvalue weighted by Gasteiger charge is 2.35. The Kier molecular flexibility index (Phi) is 7.61. The van der Waals surface area contributed by atoms with Gasteiger partial charge in [-0.05, 0) is 19.3 Å². The summed E-state index contributed by atoms with van der Waals surface area (Å²) in [7, 11) is -1.79. The molecule has 0 spiro atoms. The quantitative estimate of drug-likeness (QED) is 0.293. The maximum Gasteiger partial charge on any atom is 0.0923 e.